The molecular formula is C10H7BrCl2OS. The smallest absolute Gasteiger partial charge is 0.193 e. The van der Waals surface area contributed by atoms with Crippen LogP contribution < -0.4 is 0 Å². The lowest BCUT2D eigenvalue weighted by Gasteiger charge is -2.03. The zero-order valence-corrected chi connectivity index (χ0v) is 11.7. The first kappa shape index (κ1) is 11.5. The van der Waals surface area contributed by atoms with Crippen molar-refractivity contribution in [1.82, 2.24) is 0 Å². The van der Waals surface area contributed by atoms with E-state index in [2.05, 4.69) is 15.9 Å². The summed E-state index contributed by atoms with van der Waals surface area (Å²) < 4.78 is 6.29. The Balaban J connectivity index is 2.35. The number of aryl methyl sites for hydroxylation is 1. The standard InChI is InChI=1S/C10H7BrCl2OS/c1-5-4-6(11)10(15-5)9(13)7-2-3-8(12)14-7/h2-4,9H,1H3. The third kappa shape index (κ3) is 2.41. The Morgan fingerprint density at radius 1 is 1.47 bits per heavy atom. The molecule has 0 amide bonds. The molecule has 0 saturated carbocycles. The van der Waals surface area contributed by atoms with Crippen molar-refractivity contribution in [3.05, 3.63) is 43.4 Å². The van der Waals surface area contributed by atoms with E-state index in [0.29, 0.717) is 11.0 Å². The van der Waals surface area contributed by atoms with E-state index in [1.54, 1.807) is 23.5 Å². The van der Waals surface area contributed by atoms with Gasteiger partial charge < -0.3 is 4.42 Å². The van der Waals surface area contributed by atoms with E-state index in [0.717, 1.165) is 9.35 Å². The third-order valence-electron chi connectivity index (χ3n) is 1.91. The topological polar surface area (TPSA) is 13.1 Å². The number of furan rings is 1. The van der Waals surface area contributed by atoms with E-state index in [1.807, 2.05) is 13.0 Å². The molecule has 2 aromatic rings. The number of rotatable bonds is 2. The molecule has 0 N–H and O–H groups in total. The van der Waals surface area contributed by atoms with Crippen LogP contribution in [0.1, 0.15) is 20.9 Å². The Labute approximate surface area is 110 Å². The largest absolute Gasteiger partial charge is 0.448 e. The minimum Gasteiger partial charge on any atom is -0.448 e. The van der Waals surface area contributed by atoms with Gasteiger partial charge in [-0.1, -0.05) is 0 Å². The van der Waals surface area contributed by atoms with Gasteiger partial charge in [-0.15, -0.1) is 22.9 Å². The maximum Gasteiger partial charge on any atom is 0.193 e. The van der Waals surface area contributed by atoms with Crippen LogP contribution in [-0.4, -0.2) is 0 Å². The number of hydrogen-bond donors (Lipinski definition) is 0. The van der Waals surface area contributed by atoms with Gasteiger partial charge in [0, 0.05) is 14.2 Å². The minimum absolute atomic E-state index is 0.287. The van der Waals surface area contributed by atoms with Crippen LogP contribution in [0.5, 0.6) is 0 Å². The fraction of sp³-hybridized carbons (Fsp3) is 0.200. The Kier molecular flexibility index (Phi) is 3.45. The quantitative estimate of drug-likeness (QED) is 0.674. The molecule has 0 aliphatic carbocycles. The molecule has 0 aliphatic heterocycles. The molecule has 0 spiro atoms. The average Bonchev–Trinajstić information content (AvgIpc) is 2.71. The second-order valence-electron chi connectivity index (χ2n) is 3.07. The highest BCUT2D eigenvalue weighted by atomic mass is 79.9. The van der Waals surface area contributed by atoms with Crippen molar-refractivity contribution in [1.29, 1.82) is 0 Å². The minimum atomic E-state index is -0.287. The number of alkyl halides is 1. The molecule has 0 saturated heterocycles. The van der Waals surface area contributed by atoms with Gasteiger partial charge in [-0.3, -0.25) is 0 Å². The van der Waals surface area contributed by atoms with E-state index in [1.165, 1.54) is 4.88 Å². The molecule has 2 aromatic heterocycles. The van der Waals surface area contributed by atoms with Crippen molar-refractivity contribution in [2.24, 2.45) is 0 Å². The molecule has 1 nitrogen and oxygen atoms in total. The van der Waals surface area contributed by atoms with E-state index in [9.17, 15) is 0 Å². The van der Waals surface area contributed by atoms with Crippen molar-refractivity contribution >= 4 is 50.5 Å². The van der Waals surface area contributed by atoms with Gasteiger partial charge in [-0.05, 0) is 52.7 Å². The van der Waals surface area contributed by atoms with Crippen molar-refractivity contribution in [2.75, 3.05) is 0 Å². The van der Waals surface area contributed by atoms with Gasteiger partial charge in [0.05, 0.1) is 0 Å². The second kappa shape index (κ2) is 4.50. The van der Waals surface area contributed by atoms with Crippen LogP contribution >= 0.6 is 50.5 Å². The predicted octanol–water partition coefficient (Wildman–Crippen LogP) is 5.39. The third-order valence-corrected chi connectivity index (χ3v) is 4.71. The summed E-state index contributed by atoms with van der Waals surface area (Å²) >= 11 is 17.1. The summed E-state index contributed by atoms with van der Waals surface area (Å²) in [7, 11) is 0. The Bertz CT molecular complexity index is 477. The van der Waals surface area contributed by atoms with E-state index in [-0.39, 0.29) is 5.38 Å². The van der Waals surface area contributed by atoms with Crippen molar-refractivity contribution in [2.45, 2.75) is 12.3 Å². The lowest BCUT2D eigenvalue weighted by atomic mass is 10.3. The molecular weight excluding hydrogens is 319 g/mol. The van der Waals surface area contributed by atoms with Gasteiger partial charge in [0.1, 0.15) is 11.1 Å². The summed E-state index contributed by atoms with van der Waals surface area (Å²) in [5.41, 5.74) is 0. The first-order chi connectivity index (χ1) is 7.08. The highest BCUT2D eigenvalue weighted by Crippen LogP contribution is 2.40. The molecule has 1 atom stereocenters. The van der Waals surface area contributed by atoms with Crippen LogP contribution in [-0.2, 0) is 0 Å². The Morgan fingerprint density at radius 2 is 2.20 bits per heavy atom. The normalized spacial score (nSPS) is 13.1. The van der Waals surface area contributed by atoms with Crippen LogP contribution in [0.15, 0.2) is 27.1 Å². The maximum atomic E-state index is 6.29. The van der Waals surface area contributed by atoms with Gasteiger partial charge in [0.15, 0.2) is 5.22 Å². The zero-order valence-electron chi connectivity index (χ0n) is 7.76. The lowest BCUT2D eigenvalue weighted by molar-refractivity contribution is 0.519. The number of halogens is 3. The average molecular weight is 326 g/mol. The molecule has 0 bridgehead atoms. The van der Waals surface area contributed by atoms with Crippen LogP contribution in [0.25, 0.3) is 0 Å². The number of hydrogen-bond acceptors (Lipinski definition) is 2. The predicted molar refractivity (Wildman–Crippen MR) is 68.2 cm³/mol. The van der Waals surface area contributed by atoms with Crippen molar-refractivity contribution in [3.8, 4) is 0 Å². The van der Waals surface area contributed by atoms with Crippen LogP contribution in [0, 0.1) is 6.92 Å². The molecule has 0 aliphatic rings. The second-order valence-corrected chi connectivity index (χ2v) is 6.02. The lowest BCUT2D eigenvalue weighted by Crippen LogP contribution is -1.87. The molecule has 0 aromatic carbocycles. The fourth-order valence-electron chi connectivity index (χ4n) is 1.27. The highest BCUT2D eigenvalue weighted by molar-refractivity contribution is 9.10. The van der Waals surface area contributed by atoms with Crippen molar-refractivity contribution in [3.63, 3.8) is 0 Å². The zero-order chi connectivity index (χ0) is 11.0. The number of thiophene rings is 1. The molecule has 15 heavy (non-hydrogen) atoms. The Morgan fingerprint density at radius 3 is 2.67 bits per heavy atom. The van der Waals surface area contributed by atoms with Gasteiger partial charge in [0.2, 0.25) is 0 Å². The summed E-state index contributed by atoms with van der Waals surface area (Å²) in [6.07, 6.45) is 0. The van der Waals surface area contributed by atoms with Gasteiger partial charge >= 0.3 is 0 Å². The summed E-state index contributed by atoms with van der Waals surface area (Å²) in [5.74, 6) is 0.671. The van der Waals surface area contributed by atoms with Gasteiger partial charge in [-0.25, -0.2) is 0 Å². The SMILES string of the molecule is Cc1cc(Br)c(C(Cl)c2ccc(Cl)o2)s1. The molecule has 2 rings (SSSR count). The monoisotopic (exact) mass is 324 g/mol. The molecule has 80 valence electrons. The van der Waals surface area contributed by atoms with E-state index < -0.39 is 0 Å². The molecule has 5 heteroatoms. The van der Waals surface area contributed by atoms with E-state index >= 15 is 0 Å². The van der Waals surface area contributed by atoms with E-state index in [4.69, 9.17) is 27.6 Å². The van der Waals surface area contributed by atoms with Gasteiger partial charge in [0.25, 0.3) is 0 Å². The molecule has 0 fully saturated rings. The highest BCUT2D eigenvalue weighted by Gasteiger charge is 2.19. The molecule has 1 unspecified atom stereocenters. The summed E-state index contributed by atoms with van der Waals surface area (Å²) in [6, 6.07) is 5.53. The van der Waals surface area contributed by atoms with Crippen LogP contribution in [0.2, 0.25) is 5.22 Å². The summed E-state index contributed by atoms with van der Waals surface area (Å²) in [6.45, 7) is 2.04. The Hall–Kier alpha value is 0.0400. The van der Waals surface area contributed by atoms with Crippen LogP contribution in [0.4, 0.5) is 0 Å². The molecule has 2 heterocycles. The van der Waals surface area contributed by atoms with Crippen molar-refractivity contribution < 1.29 is 4.42 Å². The fourth-order valence-corrected chi connectivity index (χ4v) is 3.79. The van der Waals surface area contributed by atoms with Gasteiger partial charge in [-0.2, -0.15) is 0 Å². The first-order valence-corrected chi connectivity index (χ1v) is 6.65. The summed E-state index contributed by atoms with van der Waals surface area (Å²) in [5, 5.41) is 0.0747. The summed E-state index contributed by atoms with van der Waals surface area (Å²) in [4.78, 5) is 2.25. The first-order valence-electron chi connectivity index (χ1n) is 4.23. The van der Waals surface area contributed by atoms with Crippen LogP contribution in [0.3, 0.4) is 0 Å². The maximum absolute atomic E-state index is 6.29. The molecule has 0 radical (unpaired) electrons.